The molecule has 2 heterocycles. The molecule has 1 aliphatic rings. The average Bonchev–Trinajstić information content (AvgIpc) is 3.14. The van der Waals surface area contributed by atoms with E-state index in [0.29, 0.717) is 6.54 Å². The van der Waals surface area contributed by atoms with Crippen molar-refractivity contribution in [2.75, 3.05) is 11.4 Å². The topological polar surface area (TPSA) is 55.3 Å². The number of hydrogen-bond donors (Lipinski definition) is 1. The summed E-state index contributed by atoms with van der Waals surface area (Å²) >= 11 is 0. The predicted molar refractivity (Wildman–Crippen MR) is 79.6 cm³/mol. The van der Waals surface area contributed by atoms with Crippen molar-refractivity contribution < 1.29 is 4.42 Å². The van der Waals surface area contributed by atoms with Crippen LogP contribution >= 0.6 is 0 Å². The van der Waals surface area contributed by atoms with Crippen LogP contribution in [0, 0.1) is 0 Å². The van der Waals surface area contributed by atoms with Gasteiger partial charge in [-0.05, 0) is 49.9 Å². The van der Waals surface area contributed by atoms with Crippen molar-refractivity contribution in [2.45, 2.75) is 39.3 Å². The number of hydrogen-bond acceptors (Lipinski definition) is 4. The lowest BCUT2D eigenvalue weighted by Gasteiger charge is -2.24. The second kappa shape index (κ2) is 5.67. The van der Waals surface area contributed by atoms with Crippen LogP contribution in [0.1, 0.15) is 35.9 Å². The lowest BCUT2D eigenvalue weighted by Crippen LogP contribution is -2.25. The average molecular weight is 271 g/mol. The number of anilines is 1. The van der Waals surface area contributed by atoms with Crippen molar-refractivity contribution in [2.24, 2.45) is 5.73 Å². The number of nitrogens with zero attached hydrogens (tertiary/aromatic N) is 2. The van der Waals surface area contributed by atoms with Gasteiger partial charge in [-0.2, -0.15) is 0 Å². The van der Waals surface area contributed by atoms with Crippen LogP contribution in [0.5, 0.6) is 0 Å². The second-order valence-corrected chi connectivity index (χ2v) is 5.23. The molecule has 2 aromatic rings. The lowest BCUT2D eigenvalue weighted by atomic mass is 10.1. The number of rotatable bonds is 5. The van der Waals surface area contributed by atoms with Gasteiger partial charge in [-0.25, -0.2) is 4.98 Å². The SMILES string of the molecule is CCN(Cc1ccco1)c1nc2c(cc1CN)CCC2. The molecule has 4 heteroatoms. The number of fused-ring (bicyclic) bond motifs is 1. The highest BCUT2D eigenvalue weighted by atomic mass is 16.3. The summed E-state index contributed by atoms with van der Waals surface area (Å²) in [6, 6.07) is 6.16. The van der Waals surface area contributed by atoms with Crippen LogP contribution in [-0.2, 0) is 25.9 Å². The van der Waals surface area contributed by atoms with Crippen LogP contribution in [0.15, 0.2) is 28.9 Å². The van der Waals surface area contributed by atoms with Gasteiger partial charge in [-0.3, -0.25) is 0 Å². The lowest BCUT2D eigenvalue weighted by molar-refractivity contribution is 0.502. The van der Waals surface area contributed by atoms with E-state index < -0.39 is 0 Å². The van der Waals surface area contributed by atoms with E-state index in [0.717, 1.165) is 43.1 Å². The summed E-state index contributed by atoms with van der Waals surface area (Å²) in [5.41, 5.74) is 9.68. The van der Waals surface area contributed by atoms with E-state index >= 15 is 0 Å². The van der Waals surface area contributed by atoms with Gasteiger partial charge in [0, 0.05) is 24.3 Å². The summed E-state index contributed by atoms with van der Waals surface area (Å²) in [6.45, 7) is 4.30. The number of aromatic nitrogens is 1. The van der Waals surface area contributed by atoms with Gasteiger partial charge < -0.3 is 15.1 Å². The van der Waals surface area contributed by atoms with Crippen LogP contribution in [0.2, 0.25) is 0 Å². The van der Waals surface area contributed by atoms with Crippen molar-refractivity contribution in [1.82, 2.24) is 4.98 Å². The minimum absolute atomic E-state index is 0.532. The van der Waals surface area contributed by atoms with Gasteiger partial charge in [0.05, 0.1) is 12.8 Å². The third-order valence-corrected chi connectivity index (χ3v) is 3.93. The van der Waals surface area contributed by atoms with Gasteiger partial charge in [0.15, 0.2) is 0 Å². The molecule has 3 rings (SSSR count). The number of nitrogens with two attached hydrogens (primary N) is 1. The maximum absolute atomic E-state index is 5.92. The quantitative estimate of drug-likeness (QED) is 0.908. The van der Waals surface area contributed by atoms with Gasteiger partial charge in [0.25, 0.3) is 0 Å². The van der Waals surface area contributed by atoms with Crippen LogP contribution in [0.25, 0.3) is 0 Å². The molecule has 0 amide bonds. The zero-order valence-electron chi connectivity index (χ0n) is 11.9. The van der Waals surface area contributed by atoms with Crippen LogP contribution in [-0.4, -0.2) is 11.5 Å². The van der Waals surface area contributed by atoms with E-state index in [1.54, 1.807) is 6.26 Å². The molecule has 0 unspecified atom stereocenters. The Morgan fingerprint density at radius 2 is 2.30 bits per heavy atom. The summed E-state index contributed by atoms with van der Waals surface area (Å²) in [7, 11) is 0. The van der Waals surface area contributed by atoms with Crippen molar-refractivity contribution in [3.05, 3.63) is 47.0 Å². The first kappa shape index (κ1) is 13.2. The van der Waals surface area contributed by atoms with E-state index in [1.165, 1.54) is 17.7 Å². The van der Waals surface area contributed by atoms with Gasteiger partial charge in [0.1, 0.15) is 11.6 Å². The Balaban J connectivity index is 1.94. The van der Waals surface area contributed by atoms with Crippen LogP contribution in [0.4, 0.5) is 5.82 Å². The smallest absolute Gasteiger partial charge is 0.133 e. The highest BCUT2D eigenvalue weighted by Gasteiger charge is 2.19. The predicted octanol–water partition coefficient (Wildman–Crippen LogP) is 2.65. The first-order valence-electron chi connectivity index (χ1n) is 7.31. The van der Waals surface area contributed by atoms with Gasteiger partial charge in [0.2, 0.25) is 0 Å². The summed E-state index contributed by atoms with van der Waals surface area (Å²) < 4.78 is 5.45. The molecule has 0 bridgehead atoms. The molecular formula is C16H21N3O. The summed E-state index contributed by atoms with van der Waals surface area (Å²) in [6.07, 6.45) is 5.15. The third kappa shape index (κ3) is 2.43. The zero-order chi connectivity index (χ0) is 13.9. The number of aryl methyl sites for hydroxylation is 2. The molecule has 20 heavy (non-hydrogen) atoms. The van der Waals surface area contributed by atoms with E-state index in [2.05, 4.69) is 17.9 Å². The fraction of sp³-hybridized carbons (Fsp3) is 0.438. The molecule has 0 atom stereocenters. The fourth-order valence-electron chi connectivity index (χ4n) is 2.86. The van der Waals surface area contributed by atoms with Gasteiger partial charge in [-0.15, -0.1) is 0 Å². The Bertz CT molecular complexity index is 578. The Hall–Kier alpha value is -1.81. The van der Waals surface area contributed by atoms with Crippen LogP contribution in [0.3, 0.4) is 0 Å². The Morgan fingerprint density at radius 3 is 3.00 bits per heavy atom. The number of pyridine rings is 1. The largest absolute Gasteiger partial charge is 0.467 e. The first-order valence-corrected chi connectivity index (χ1v) is 7.31. The molecule has 0 aromatic carbocycles. The minimum Gasteiger partial charge on any atom is -0.467 e. The summed E-state index contributed by atoms with van der Waals surface area (Å²) in [5, 5.41) is 0. The van der Waals surface area contributed by atoms with Crippen molar-refractivity contribution in [1.29, 1.82) is 0 Å². The van der Waals surface area contributed by atoms with Crippen molar-refractivity contribution >= 4 is 5.82 Å². The molecule has 0 radical (unpaired) electrons. The molecule has 106 valence electrons. The molecule has 4 nitrogen and oxygen atoms in total. The summed E-state index contributed by atoms with van der Waals surface area (Å²) in [4.78, 5) is 7.12. The summed E-state index contributed by atoms with van der Waals surface area (Å²) in [5.74, 6) is 1.98. The normalized spacial score (nSPS) is 13.5. The van der Waals surface area contributed by atoms with Crippen molar-refractivity contribution in [3.8, 4) is 0 Å². The van der Waals surface area contributed by atoms with Gasteiger partial charge >= 0.3 is 0 Å². The van der Waals surface area contributed by atoms with E-state index in [4.69, 9.17) is 15.1 Å². The second-order valence-electron chi connectivity index (χ2n) is 5.23. The molecule has 0 saturated heterocycles. The highest BCUT2D eigenvalue weighted by molar-refractivity contribution is 5.51. The monoisotopic (exact) mass is 271 g/mol. The maximum Gasteiger partial charge on any atom is 0.133 e. The molecule has 0 fully saturated rings. The Morgan fingerprint density at radius 1 is 1.40 bits per heavy atom. The number of furan rings is 1. The molecule has 1 aliphatic carbocycles. The molecule has 0 spiro atoms. The van der Waals surface area contributed by atoms with E-state index in [9.17, 15) is 0 Å². The molecule has 0 saturated carbocycles. The molecule has 2 N–H and O–H groups in total. The fourth-order valence-corrected chi connectivity index (χ4v) is 2.86. The van der Waals surface area contributed by atoms with Crippen LogP contribution < -0.4 is 10.6 Å². The highest BCUT2D eigenvalue weighted by Crippen LogP contribution is 2.28. The Labute approximate surface area is 119 Å². The maximum atomic E-state index is 5.92. The molecular weight excluding hydrogens is 250 g/mol. The zero-order valence-corrected chi connectivity index (χ0v) is 11.9. The first-order chi connectivity index (χ1) is 9.81. The Kier molecular flexibility index (Phi) is 3.74. The minimum atomic E-state index is 0.532. The molecule has 0 aliphatic heterocycles. The van der Waals surface area contributed by atoms with E-state index in [-0.39, 0.29) is 0 Å². The van der Waals surface area contributed by atoms with Gasteiger partial charge in [-0.1, -0.05) is 0 Å². The molecule has 2 aromatic heterocycles. The van der Waals surface area contributed by atoms with E-state index in [1.807, 2.05) is 12.1 Å². The third-order valence-electron chi connectivity index (χ3n) is 3.93. The standard InChI is InChI=1S/C16H21N3O/c1-2-19(11-14-6-4-8-20-14)16-13(10-17)9-12-5-3-7-15(12)18-16/h4,6,8-9H,2-3,5,7,10-11,17H2,1H3. The van der Waals surface area contributed by atoms with Crippen molar-refractivity contribution in [3.63, 3.8) is 0 Å².